The molecule has 2 aromatic carbocycles. The Kier molecular flexibility index (Phi) is 3.84. The molecule has 26 heavy (non-hydrogen) atoms. The number of hydrogen-bond donors (Lipinski definition) is 0. The van der Waals surface area contributed by atoms with E-state index >= 15 is 0 Å². The summed E-state index contributed by atoms with van der Waals surface area (Å²) in [7, 11) is -3.66. The van der Waals surface area contributed by atoms with Crippen LogP contribution >= 0.6 is 0 Å². The standard InChI is InChI=1S/C18H14O7S/c1-26(20,21)25-13-4-2-12-8-14(18(19)24-16(12)10-13)11-3-5-15-17(9-11)23-7-6-22-15/h2-5,8-10H,6-7H2,1H3. The van der Waals surface area contributed by atoms with Crippen LogP contribution in [-0.4, -0.2) is 27.9 Å². The summed E-state index contributed by atoms with van der Waals surface area (Å²) in [5.74, 6) is 1.29. The van der Waals surface area contributed by atoms with Gasteiger partial charge in [0.15, 0.2) is 11.5 Å². The molecule has 0 radical (unpaired) electrons. The predicted molar refractivity (Wildman–Crippen MR) is 94.4 cm³/mol. The Morgan fingerprint density at radius 2 is 1.73 bits per heavy atom. The highest BCUT2D eigenvalue weighted by Crippen LogP contribution is 2.34. The lowest BCUT2D eigenvalue weighted by Crippen LogP contribution is -2.15. The largest absolute Gasteiger partial charge is 0.486 e. The molecular weight excluding hydrogens is 360 g/mol. The summed E-state index contributed by atoms with van der Waals surface area (Å²) in [5.41, 5.74) is 0.691. The molecule has 0 saturated carbocycles. The fraction of sp³-hybridized carbons (Fsp3) is 0.167. The first-order chi connectivity index (χ1) is 12.4. The summed E-state index contributed by atoms with van der Waals surface area (Å²) in [6.07, 6.45) is 0.943. The normalized spacial score (nSPS) is 13.6. The minimum Gasteiger partial charge on any atom is -0.486 e. The zero-order valence-electron chi connectivity index (χ0n) is 13.7. The topological polar surface area (TPSA) is 92.0 Å². The van der Waals surface area contributed by atoms with Crippen LogP contribution in [0.15, 0.2) is 51.7 Å². The molecule has 0 bridgehead atoms. The summed E-state index contributed by atoms with van der Waals surface area (Å²) in [5, 5.41) is 0.635. The number of fused-ring (bicyclic) bond motifs is 2. The molecule has 8 heteroatoms. The summed E-state index contributed by atoms with van der Waals surface area (Å²) < 4.78 is 43.6. The number of rotatable bonds is 3. The van der Waals surface area contributed by atoms with Gasteiger partial charge in [-0.15, -0.1) is 0 Å². The lowest BCUT2D eigenvalue weighted by atomic mass is 10.1. The Morgan fingerprint density at radius 1 is 0.962 bits per heavy atom. The molecule has 0 saturated heterocycles. The van der Waals surface area contributed by atoms with E-state index in [0.29, 0.717) is 41.2 Å². The van der Waals surface area contributed by atoms with Gasteiger partial charge in [0, 0.05) is 11.5 Å². The van der Waals surface area contributed by atoms with Crippen molar-refractivity contribution in [2.24, 2.45) is 0 Å². The minimum absolute atomic E-state index is 0.0789. The lowest BCUT2D eigenvalue weighted by molar-refractivity contribution is 0.171. The van der Waals surface area contributed by atoms with Crippen LogP contribution in [-0.2, 0) is 10.1 Å². The first-order valence-electron chi connectivity index (χ1n) is 7.76. The van der Waals surface area contributed by atoms with Crippen molar-refractivity contribution in [2.45, 2.75) is 0 Å². The molecule has 3 aromatic rings. The van der Waals surface area contributed by atoms with Crippen molar-refractivity contribution >= 4 is 21.1 Å². The highest BCUT2D eigenvalue weighted by Gasteiger charge is 2.15. The van der Waals surface area contributed by atoms with Gasteiger partial charge in [-0.25, -0.2) is 4.79 Å². The van der Waals surface area contributed by atoms with E-state index in [4.69, 9.17) is 18.1 Å². The second-order valence-electron chi connectivity index (χ2n) is 5.79. The summed E-state index contributed by atoms with van der Waals surface area (Å²) >= 11 is 0. The molecule has 2 heterocycles. The Morgan fingerprint density at radius 3 is 2.50 bits per heavy atom. The molecule has 1 aromatic heterocycles. The fourth-order valence-corrected chi connectivity index (χ4v) is 3.18. The summed E-state index contributed by atoms with van der Waals surface area (Å²) in [6.45, 7) is 0.939. The van der Waals surface area contributed by atoms with E-state index < -0.39 is 15.7 Å². The molecule has 1 aliphatic heterocycles. The molecule has 134 valence electrons. The lowest BCUT2D eigenvalue weighted by Gasteiger charge is -2.18. The molecule has 1 aliphatic rings. The van der Waals surface area contributed by atoms with Crippen LogP contribution in [0.5, 0.6) is 17.2 Å². The fourth-order valence-electron chi connectivity index (χ4n) is 2.73. The van der Waals surface area contributed by atoms with Gasteiger partial charge in [0.25, 0.3) is 0 Å². The number of ether oxygens (including phenoxy) is 2. The Hall–Kier alpha value is -3.00. The average Bonchev–Trinajstić information content (AvgIpc) is 2.59. The molecule has 0 unspecified atom stereocenters. The molecule has 0 amide bonds. The van der Waals surface area contributed by atoms with Gasteiger partial charge in [-0.05, 0) is 35.9 Å². The van der Waals surface area contributed by atoms with E-state index in [1.165, 1.54) is 12.1 Å². The predicted octanol–water partition coefficient (Wildman–Crippen LogP) is 2.57. The van der Waals surface area contributed by atoms with Crippen LogP contribution in [0, 0.1) is 0 Å². The van der Waals surface area contributed by atoms with Crippen molar-refractivity contribution in [3.63, 3.8) is 0 Å². The minimum atomic E-state index is -3.66. The van der Waals surface area contributed by atoms with Crippen molar-refractivity contribution in [3.05, 3.63) is 52.9 Å². The maximum absolute atomic E-state index is 12.4. The zero-order valence-corrected chi connectivity index (χ0v) is 14.5. The van der Waals surface area contributed by atoms with E-state index in [2.05, 4.69) is 0 Å². The Labute approximate surface area is 148 Å². The molecule has 0 fully saturated rings. The molecular formula is C18H14O7S. The summed E-state index contributed by atoms with van der Waals surface area (Å²) in [4.78, 5) is 12.4. The van der Waals surface area contributed by atoms with Crippen molar-refractivity contribution < 1.29 is 26.5 Å². The van der Waals surface area contributed by atoms with Gasteiger partial charge in [0.05, 0.1) is 11.8 Å². The van der Waals surface area contributed by atoms with Crippen LogP contribution in [0.1, 0.15) is 0 Å². The van der Waals surface area contributed by atoms with Gasteiger partial charge >= 0.3 is 15.7 Å². The van der Waals surface area contributed by atoms with E-state index in [1.54, 1.807) is 30.3 Å². The van der Waals surface area contributed by atoms with Crippen molar-refractivity contribution in [2.75, 3.05) is 19.5 Å². The maximum Gasteiger partial charge on any atom is 0.344 e. The second kappa shape index (κ2) is 6.06. The molecule has 0 aliphatic carbocycles. The first kappa shape index (κ1) is 16.5. The van der Waals surface area contributed by atoms with Gasteiger partial charge in [0.2, 0.25) is 0 Å². The van der Waals surface area contributed by atoms with Crippen molar-refractivity contribution in [1.82, 2.24) is 0 Å². The molecule has 0 atom stereocenters. The van der Waals surface area contributed by atoms with Crippen LogP contribution < -0.4 is 19.3 Å². The Bertz CT molecular complexity index is 1160. The van der Waals surface area contributed by atoms with Crippen LogP contribution in [0.3, 0.4) is 0 Å². The van der Waals surface area contributed by atoms with Gasteiger partial charge in [-0.2, -0.15) is 8.42 Å². The monoisotopic (exact) mass is 374 g/mol. The van der Waals surface area contributed by atoms with Crippen LogP contribution in [0.2, 0.25) is 0 Å². The zero-order chi connectivity index (χ0) is 18.3. The molecule has 7 nitrogen and oxygen atoms in total. The smallest absolute Gasteiger partial charge is 0.344 e. The SMILES string of the molecule is CS(=O)(=O)Oc1ccc2cc(-c3ccc4c(c3)OCCO4)c(=O)oc2c1. The highest BCUT2D eigenvalue weighted by atomic mass is 32.2. The second-order valence-corrected chi connectivity index (χ2v) is 7.37. The van der Waals surface area contributed by atoms with Gasteiger partial charge < -0.3 is 18.1 Å². The summed E-state index contributed by atoms with van der Waals surface area (Å²) in [6, 6.07) is 11.4. The van der Waals surface area contributed by atoms with E-state index in [9.17, 15) is 13.2 Å². The highest BCUT2D eigenvalue weighted by molar-refractivity contribution is 7.86. The molecule has 0 spiro atoms. The van der Waals surface area contributed by atoms with Gasteiger partial charge in [-0.1, -0.05) is 6.07 Å². The third kappa shape index (κ3) is 3.23. The first-order valence-corrected chi connectivity index (χ1v) is 9.58. The van der Waals surface area contributed by atoms with Crippen LogP contribution in [0.25, 0.3) is 22.1 Å². The van der Waals surface area contributed by atoms with E-state index in [0.717, 1.165) is 6.26 Å². The number of benzene rings is 2. The van der Waals surface area contributed by atoms with Gasteiger partial charge in [-0.3, -0.25) is 0 Å². The third-order valence-electron chi connectivity index (χ3n) is 3.81. The van der Waals surface area contributed by atoms with Crippen molar-refractivity contribution in [3.8, 4) is 28.4 Å². The van der Waals surface area contributed by atoms with E-state index in [1.807, 2.05) is 0 Å². The molecule has 0 N–H and O–H groups in total. The van der Waals surface area contributed by atoms with E-state index in [-0.39, 0.29) is 11.3 Å². The third-order valence-corrected chi connectivity index (χ3v) is 4.30. The van der Waals surface area contributed by atoms with Gasteiger partial charge in [0.1, 0.15) is 24.5 Å². The maximum atomic E-state index is 12.4. The Balaban J connectivity index is 1.78. The van der Waals surface area contributed by atoms with Crippen molar-refractivity contribution in [1.29, 1.82) is 0 Å². The molecule has 4 rings (SSSR count). The quantitative estimate of drug-likeness (QED) is 0.514. The number of hydrogen-bond acceptors (Lipinski definition) is 7. The average molecular weight is 374 g/mol. The van der Waals surface area contributed by atoms with Crippen LogP contribution in [0.4, 0.5) is 0 Å².